The van der Waals surface area contributed by atoms with Gasteiger partial charge in [-0.2, -0.15) is 0 Å². The number of hydrogen-bond acceptors (Lipinski definition) is 2. The van der Waals surface area contributed by atoms with Gasteiger partial charge in [-0.1, -0.05) is 12.1 Å². The van der Waals surface area contributed by atoms with E-state index < -0.39 is 11.7 Å². The molecule has 0 aliphatic carbocycles. The summed E-state index contributed by atoms with van der Waals surface area (Å²) in [6, 6.07) is 6.13. The van der Waals surface area contributed by atoms with Crippen molar-refractivity contribution < 1.29 is 9.50 Å². The second-order valence-corrected chi connectivity index (χ2v) is 4.04. The van der Waals surface area contributed by atoms with Crippen LogP contribution in [0.15, 0.2) is 24.3 Å². The number of aromatic hydroxyl groups is 1. The molecule has 1 aromatic rings. The Bertz CT molecular complexity index is 289. The Labute approximate surface area is 83.6 Å². The van der Waals surface area contributed by atoms with Crippen molar-refractivity contribution in [3.63, 3.8) is 0 Å². The maximum Gasteiger partial charge on any atom is 0.120 e. The molecule has 1 aromatic carbocycles. The Kier molecular flexibility index (Phi) is 3.11. The number of nitrogens with two attached hydrogens (primary N) is 1. The quantitative estimate of drug-likeness (QED) is 0.778. The summed E-state index contributed by atoms with van der Waals surface area (Å²) >= 11 is 0. The molecule has 0 radical (unpaired) electrons. The summed E-state index contributed by atoms with van der Waals surface area (Å²) in [5.74, 6) is 0.210. The van der Waals surface area contributed by atoms with Crippen molar-refractivity contribution in [1.82, 2.24) is 0 Å². The van der Waals surface area contributed by atoms with Gasteiger partial charge >= 0.3 is 0 Å². The molecule has 0 spiro atoms. The van der Waals surface area contributed by atoms with Gasteiger partial charge in [-0.05, 0) is 38.0 Å². The first-order chi connectivity index (χ1) is 6.39. The molecule has 1 unspecified atom stereocenters. The SMILES string of the molecule is CC(C)(F)C(N)Cc1ccc(O)cc1. The Hall–Kier alpha value is -1.09. The second kappa shape index (κ2) is 3.96. The zero-order valence-corrected chi connectivity index (χ0v) is 8.50. The van der Waals surface area contributed by atoms with Crippen molar-refractivity contribution in [2.75, 3.05) is 0 Å². The van der Waals surface area contributed by atoms with Crippen molar-refractivity contribution in [3.05, 3.63) is 29.8 Å². The number of phenolic OH excluding ortho intramolecular Hbond substituents is 1. The molecule has 0 heterocycles. The van der Waals surface area contributed by atoms with Crippen LogP contribution >= 0.6 is 0 Å². The molecule has 0 saturated heterocycles. The number of hydrogen-bond donors (Lipinski definition) is 2. The molecular formula is C11H16FNO. The summed E-state index contributed by atoms with van der Waals surface area (Å²) in [6.07, 6.45) is 0.476. The number of halogens is 1. The predicted molar refractivity (Wildman–Crippen MR) is 55.0 cm³/mol. The second-order valence-electron chi connectivity index (χ2n) is 4.04. The molecule has 1 rings (SSSR count). The summed E-state index contributed by atoms with van der Waals surface area (Å²) in [4.78, 5) is 0. The summed E-state index contributed by atoms with van der Waals surface area (Å²) in [5, 5.41) is 9.05. The van der Waals surface area contributed by atoms with Crippen LogP contribution < -0.4 is 5.73 Å². The fraction of sp³-hybridized carbons (Fsp3) is 0.455. The normalized spacial score (nSPS) is 14.0. The molecule has 3 N–H and O–H groups in total. The van der Waals surface area contributed by atoms with Crippen molar-refractivity contribution in [2.45, 2.75) is 32.0 Å². The Morgan fingerprint density at radius 3 is 2.29 bits per heavy atom. The van der Waals surface area contributed by atoms with Gasteiger partial charge in [0.2, 0.25) is 0 Å². The molecule has 78 valence electrons. The van der Waals surface area contributed by atoms with E-state index in [0.29, 0.717) is 6.42 Å². The van der Waals surface area contributed by atoms with Crippen LogP contribution in [0.2, 0.25) is 0 Å². The lowest BCUT2D eigenvalue weighted by atomic mass is 9.95. The molecule has 0 fully saturated rings. The van der Waals surface area contributed by atoms with Gasteiger partial charge in [-0.15, -0.1) is 0 Å². The van der Waals surface area contributed by atoms with Crippen molar-refractivity contribution in [2.24, 2.45) is 5.73 Å². The van der Waals surface area contributed by atoms with Crippen LogP contribution in [0, 0.1) is 0 Å². The molecule has 1 atom stereocenters. The van der Waals surface area contributed by atoms with E-state index in [2.05, 4.69) is 0 Å². The standard InChI is InChI=1S/C11H16FNO/c1-11(2,12)10(13)7-8-3-5-9(14)6-4-8/h3-6,10,14H,7,13H2,1-2H3. The van der Waals surface area contributed by atoms with Crippen LogP contribution in [0.5, 0.6) is 5.75 Å². The molecule has 0 aliphatic rings. The number of rotatable bonds is 3. The number of benzene rings is 1. The van der Waals surface area contributed by atoms with E-state index in [4.69, 9.17) is 10.8 Å². The van der Waals surface area contributed by atoms with E-state index in [9.17, 15) is 4.39 Å². The van der Waals surface area contributed by atoms with Gasteiger partial charge in [0.15, 0.2) is 0 Å². The van der Waals surface area contributed by atoms with Gasteiger partial charge in [0.1, 0.15) is 11.4 Å². The van der Waals surface area contributed by atoms with Crippen LogP contribution in [0.25, 0.3) is 0 Å². The number of alkyl halides is 1. The predicted octanol–water partition coefficient (Wildman–Crippen LogP) is 2.01. The molecule has 2 nitrogen and oxygen atoms in total. The third kappa shape index (κ3) is 3.00. The zero-order chi connectivity index (χ0) is 10.8. The molecule has 0 bridgehead atoms. The monoisotopic (exact) mass is 197 g/mol. The van der Waals surface area contributed by atoms with Crippen LogP contribution in [0.3, 0.4) is 0 Å². The molecule has 3 heteroatoms. The van der Waals surface area contributed by atoms with E-state index in [0.717, 1.165) is 5.56 Å². The maximum atomic E-state index is 13.4. The fourth-order valence-electron chi connectivity index (χ4n) is 1.13. The van der Waals surface area contributed by atoms with Gasteiger partial charge in [-0.3, -0.25) is 0 Å². The fourth-order valence-corrected chi connectivity index (χ4v) is 1.13. The minimum absolute atomic E-state index is 0.210. The van der Waals surface area contributed by atoms with E-state index >= 15 is 0 Å². The Morgan fingerprint density at radius 1 is 1.36 bits per heavy atom. The van der Waals surface area contributed by atoms with Crippen molar-refractivity contribution in [1.29, 1.82) is 0 Å². The highest BCUT2D eigenvalue weighted by Crippen LogP contribution is 2.18. The highest BCUT2D eigenvalue weighted by atomic mass is 19.1. The molecule has 14 heavy (non-hydrogen) atoms. The third-order valence-corrected chi connectivity index (χ3v) is 2.27. The molecule has 0 aliphatic heterocycles. The van der Waals surface area contributed by atoms with E-state index in [1.807, 2.05) is 0 Å². The van der Waals surface area contributed by atoms with Crippen LogP contribution in [0.4, 0.5) is 4.39 Å². The summed E-state index contributed by atoms with van der Waals surface area (Å²) in [6.45, 7) is 2.94. The van der Waals surface area contributed by atoms with Gasteiger partial charge in [0.25, 0.3) is 0 Å². The van der Waals surface area contributed by atoms with E-state index in [1.165, 1.54) is 13.8 Å². The molecule has 0 saturated carbocycles. The highest BCUT2D eigenvalue weighted by molar-refractivity contribution is 5.26. The Morgan fingerprint density at radius 2 is 1.86 bits per heavy atom. The first kappa shape index (κ1) is 11.0. The van der Waals surface area contributed by atoms with E-state index in [1.54, 1.807) is 24.3 Å². The lowest BCUT2D eigenvalue weighted by molar-refractivity contribution is 0.172. The Balaban J connectivity index is 2.65. The largest absolute Gasteiger partial charge is 0.508 e. The van der Waals surface area contributed by atoms with Gasteiger partial charge in [0.05, 0.1) is 0 Å². The molecule has 0 amide bonds. The highest BCUT2D eigenvalue weighted by Gasteiger charge is 2.25. The van der Waals surface area contributed by atoms with E-state index in [-0.39, 0.29) is 5.75 Å². The minimum atomic E-state index is -1.38. The lowest BCUT2D eigenvalue weighted by Crippen LogP contribution is -2.41. The zero-order valence-electron chi connectivity index (χ0n) is 8.50. The van der Waals surface area contributed by atoms with Crippen LogP contribution in [0.1, 0.15) is 19.4 Å². The third-order valence-electron chi connectivity index (χ3n) is 2.27. The van der Waals surface area contributed by atoms with Gasteiger partial charge < -0.3 is 10.8 Å². The summed E-state index contributed by atoms with van der Waals surface area (Å²) in [5.41, 5.74) is 5.24. The molecule has 0 aromatic heterocycles. The van der Waals surface area contributed by atoms with Crippen LogP contribution in [-0.4, -0.2) is 16.8 Å². The van der Waals surface area contributed by atoms with Gasteiger partial charge in [0, 0.05) is 6.04 Å². The molecular weight excluding hydrogens is 181 g/mol. The van der Waals surface area contributed by atoms with Gasteiger partial charge in [-0.25, -0.2) is 4.39 Å². The topological polar surface area (TPSA) is 46.2 Å². The summed E-state index contributed by atoms with van der Waals surface area (Å²) < 4.78 is 13.4. The van der Waals surface area contributed by atoms with Crippen molar-refractivity contribution in [3.8, 4) is 5.75 Å². The average molecular weight is 197 g/mol. The number of phenols is 1. The smallest absolute Gasteiger partial charge is 0.120 e. The van der Waals surface area contributed by atoms with Crippen LogP contribution in [-0.2, 0) is 6.42 Å². The first-order valence-corrected chi connectivity index (χ1v) is 4.62. The maximum absolute atomic E-state index is 13.4. The average Bonchev–Trinajstić information content (AvgIpc) is 2.07. The van der Waals surface area contributed by atoms with Crippen molar-refractivity contribution >= 4 is 0 Å². The summed E-state index contributed by atoms with van der Waals surface area (Å²) in [7, 11) is 0. The first-order valence-electron chi connectivity index (χ1n) is 4.62. The lowest BCUT2D eigenvalue weighted by Gasteiger charge is -2.22. The minimum Gasteiger partial charge on any atom is -0.508 e.